The molecule has 0 aromatic heterocycles. The monoisotopic (exact) mass is 375 g/mol. The first-order chi connectivity index (χ1) is 12.5. The Balaban J connectivity index is 2.06. The highest BCUT2D eigenvalue weighted by Crippen LogP contribution is 2.42. The molecule has 1 aliphatic heterocycles. The number of hydrogen-bond acceptors (Lipinski definition) is 5. The van der Waals surface area contributed by atoms with Crippen LogP contribution in [0.3, 0.4) is 0 Å². The Bertz CT molecular complexity index is 797. The van der Waals surface area contributed by atoms with Crippen molar-refractivity contribution in [2.45, 2.75) is 32.1 Å². The number of ether oxygens (including phenoxy) is 2. The van der Waals surface area contributed by atoms with Gasteiger partial charge >= 0.3 is 5.97 Å². The molecule has 3 rings (SSSR count). The maximum atomic E-state index is 12.8. The number of esters is 1. The summed E-state index contributed by atoms with van der Waals surface area (Å²) in [6.45, 7) is 2.32. The van der Waals surface area contributed by atoms with Crippen LogP contribution < -0.4 is 5.32 Å². The Morgan fingerprint density at radius 1 is 1.31 bits per heavy atom. The summed E-state index contributed by atoms with van der Waals surface area (Å²) in [5.74, 6) is -0.840. The summed E-state index contributed by atoms with van der Waals surface area (Å²) in [7, 11) is 1.55. The quantitative estimate of drug-likeness (QED) is 0.630. The van der Waals surface area contributed by atoms with E-state index in [9.17, 15) is 9.59 Å². The molecule has 0 saturated carbocycles. The van der Waals surface area contributed by atoms with Crippen molar-refractivity contribution in [1.29, 1.82) is 0 Å². The number of dihydropyridines is 1. The van der Waals surface area contributed by atoms with Crippen LogP contribution in [0.5, 0.6) is 0 Å². The maximum absolute atomic E-state index is 12.8. The van der Waals surface area contributed by atoms with Gasteiger partial charge in [-0.2, -0.15) is 0 Å². The van der Waals surface area contributed by atoms with Crippen molar-refractivity contribution in [3.8, 4) is 0 Å². The molecule has 6 heteroatoms. The van der Waals surface area contributed by atoms with Crippen molar-refractivity contribution < 1.29 is 19.1 Å². The Labute approximate surface area is 158 Å². The van der Waals surface area contributed by atoms with Crippen molar-refractivity contribution in [2.75, 3.05) is 20.3 Å². The summed E-state index contributed by atoms with van der Waals surface area (Å²) in [6, 6.07) is 7.30. The van der Waals surface area contributed by atoms with Gasteiger partial charge < -0.3 is 14.8 Å². The fourth-order valence-electron chi connectivity index (χ4n) is 3.57. The lowest BCUT2D eigenvalue weighted by atomic mass is 9.75. The van der Waals surface area contributed by atoms with Gasteiger partial charge in [-0.1, -0.05) is 23.7 Å². The average molecular weight is 376 g/mol. The van der Waals surface area contributed by atoms with Crippen LogP contribution in [0.4, 0.5) is 0 Å². The first-order valence-electron chi connectivity index (χ1n) is 8.68. The van der Waals surface area contributed by atoms with Crippen molar-refractivity contribution in [3.05, 3.63) is 57.4 Å². The number of carbonyl (C=O) groups excluding carboxylic acids is 2. The molecule has 0 unspecified atom stereocenters. The van der Waals surface area contributed by atoms with Gasteiger partial charge in [-0.15, -0.1) is 0 Å². The second-order valence-electron chi connectivity index (χ2n) is 6.45. The average Bonchev–Trinajstić information content (AvgIpc) is 2.61. The zero-order chi connectivity index (χ0) is 18.7. The van der Waals surface area contributed by atoms with Crippen LogP contribution in [0.25, 0.3) is 0 Å². The summed E-state index contributed by atoms with van der Waals surface area (Å²) in [4.78, 5) is 25.5. The summed E-state index contributed by atoms with van der Waals surface area (Å²) in [6.07, 6.45) is 2.10. The predicted molar refractivity (Wildman–Crippen MR) is 98.7 cm³/mol. The molecule has 0 radical (unpaired) electrons. The second-order valence-corrected chi connectivity index (χ2v) is 6.89. The van der Waals surface area contributed by atoms with Crippen molar-refractivity contribution >= 4 is 23.4 Å². The number of carbonyl (C=O) groups is 2. The highest BCUT2D eigenvalue weighted by Gasteiger charge is 2.39. The number of rotatable bonds is 5. The lowest BCUT2D eigenvalue weighted by Crippen LogP contribution is -2.34. The first-order valence-corrected chi connectivity index (χ1v) is 9.06. The van der Waals surface area contributed by atoms with Crippen LogP contribution >= 0.6 is 11.6 Å². The summed E-state index contributed by atoms with van der Waals surface area (Å²) >= 11 is 6.18. The van der Waals surface area contributed by atoms with Crippen LogP contribution in [-0.4, -0.2) is 32.1 Å². The van der Waals surface area contributed by atoms with E-state index in [0.717, 1.165) is 24.1 Å². The van der Waals surface area contributed by atoms with Crippen molar-refractivity contribution in [1.82, 2.24) is 5.32 Å². The molecule has 0 spiro atoms. The number of halogens is 1. The fraction of sp³-hybridized carbons (Fsp3) is 0.400. The van der Waals surface area contributed by atoms with E-state index in [1.807, 2.05) is 19.1 Å². The largest absolute Gasteiger partial charge is 0.460 e. The van der Waals surface area contributed by atoms with E-state index < -0.39 is 11.9 Å². The van der Waals surface area contributed by atoms with Gasteiger partial charge in [0.15, 0.2) is 5.78 Å². The third kappa shape index (κ3) is 3.69. The standard InChI is InChI=1S/C20H22ClNO4/c1-12-17(20(24)26-10-9-25-2)18(13-5-3-6-14(21)11-13)19-15(22-12)7-4-8-16(19)23/h3,5-6,11,18,22H,4,7-10H2,1-2H3/t18-/m1/s1. The van der Waals surface area contributed by atoms with E-state index in [-0.39, 0.29) is 12.4 Å². The number of allylic oxidation sites excluding steroid dienone is 3. The normalized spacial score (nSPS) is 20.0. The molecule has 138 valence electrons. The van der Waals surface area contributed by atoms with Gasteiger partial charge in [-0.25, -0.2) is 4.79 Å². The van der Waals surface area contributed by atoms with Gasteiger partial charge in [-0.05, 0) is 37.5 Å². The van der Waals surface area contributed by atoms with Crippen LogP contribution in [0.15, 0.2) is 46.8 Å². The number of hydrogen-bond donors (Lipinski definition) is 1. The molecule has 0 saturated heterocycles. The van der Waals surface area contributed by atoms with E-state index in [0.29, 0.717) is 34.9 Å². The number of ketones is 1. The molecule has 1 aromatic rings. The van der Waals surface area contributed by atoms with Gasteiger partial charge in [0.05, 0.1) is 12.2 Å². The lowest BCUT2D eigenvalue weighted by Gasteiger charge is -2.34. The fourth-order valence-corrected chi connectivity index (χ4v) is 3.77. The van der Waals surface area contributed by atoms with E-state index in [1.54, 1.807) is 19.2 Å². The predicted octanol–water partition coefficient (Wildman–Crippen LogP) is 3.50. The zero-order valence-electron chi connectivity index (χ0n) is 14.9. The Hall–Kier alpha value is -2.11. The molecule has 0 fully saturated rings. The van der Waals surface area contributed by atoms with E-state index in [4.69, 9.17) is 21.1 Å². The van der Waals surface area contributed by atoms with Gasteiger partial charge in [0.1, 0.15) is 6.61 Å². The summed E-state index contributed by atoms with van der Waals surface area (Å²) < 4.78 is 10.3. The number of nitrogens with one attached hydrogen (secondary N) is 1. The summed E-state index contributed by atoms with van der Waals surface area (Å²) in [5.41, 5.74) is 3.54. The molecule has 5 nitrogen and oxygen atoms in total. The SMILES string of the molecule is COCCOC(=O)C1=C(C)NC2=C(C(=O)CCC2)[C@@H]1c1cccc(Cl)c1. The molecule has 0 amide bonds. The second kappa shape index (κ2) is 8.06. The van der Waals surface area contributed by atoms with E-state index in [1.165, 1.54) is 0 Å². The third-order valence-electron chi connectivity index (χ3n) is 4.70. The van der Waals surface area contributed by atoms with Crippen molar-refractivity contribution in [3.63, 3.8) is 0 Å². The van der Waals surface area contributed by atoms with Crippen LogP contribution in [-0.2, 0) is 19.1 Å². The van der Waals surface area contributed by atoms with Gasteiger partial charge in [0.2, 0.25) is 0 Å². The minimum absolute atomic E-state index is 0.0680. The Kier molecular flexibility index (Phi) is 5.79. The van der Waals surface area contributed by atoms with Crippen LogP contribution in [0, 0.1) is 0 Å². The minimum atomic E-state index is -0.465. The van der Waals surface area contributed by atoms with Gasteiger partial charge in [0.25, 0.3) is 0 Å². The molecule has 2 aliphatic rings. The molecular weight excluding hydrogens is 354 g/mol. The number of methoxy groups -OCH3 is 1. The smallest absolute Gasteiger partial charge is 0.336 e. The molecule has 1 atom stereocenters. The van der Waals surface area contributed by atoms with Gasteiger partial charge in [-0.3, -0.25) is 4.79 Å². The highest BCUT2D eigenvalue weighted by atomic mass is 35.5. The van der Waals surface area contributed by atoms with E-state index >= 15 is 0 Å². The molecule has 1 heterocycles. The minimum Gasteiger partial charge on any atom is -0.460 e. The topological polar surface area (TPSA) is 64.6 Å². The molecule has 1 aliphatic carbocycles. The Morgan fingerprint density at radius 3 is 2.85 bits per heavy atom. The van der Waals surface area contributed by atoms with Gasteiger partial charge in [0, 0.05) is 41.4 Å². The molecule has 1 N–H and O–H groups in total. The molecule has 26 heavy (non-hydrogen) atoms. The summed E-state index contributed by atoms with van der Waals surface area (Å²) in [5, 5.41) is 3.82. The number of benzene rings is 1. The van der Waals surface area contributed by atoms with Crippen LogP contribution in [0.1, 0.15) is 37.7 Å². The molecular formula is C20H22ClNO4. The Morgan fingerprint density at radius 2 is 2.12 bits per heavy atom. The van der Waals surface area contributed by atoms with Crippen LogP contribution in [0.2, 0.25) is 5.02 Å². The number of Topliss-reactive ketones (excluding diaryl/α,β-unsaturated/α-hetero) is 1. The molecule has 0 bridgehead atoms. The molecule has 1 aromatic carbocycles. The van der Waals surface area contributed by atoms with Crippen molar-refractivity contribution in [2.24, 2.45) is 0 Å². The third-order valence-corrected chi connectivity index (χ3v) is 4.93. The zero-order valence-corrected chi connectivity index (χ0v) is 15.7. The van der Waals surface area contributed by atoms with E-state index in [2.05, 4.69) is 5.32 Å². The first kappa shape index (κ1) is 18.7. The maximum Gasteiger partial charge on any atom is 0.336 e. The highest BCUT2D eigenvalue weighted by molar-refractivity contribution is 6.30. The lowest BCUT2D eigenvalue weighted by molar-refractivity contribution is -0.140.